The molecule has 0 radical (unpaired) electrons. The lowest BCUT2D eigenvalue weighted by Crippen LogP contribution is -2.18. The van der Waals surface area contributed by atoms with Crippen molar-refractivity contribution in [3.05, 3.63) is 95.1 Å². The molecule has 0 saturated heterocycles. The van der Waals surface area contributed by atoms with Crippen molar-refractivity contribution < 1.29 is 9.84 Å². The Hall–Kier alpha value is -2.74. The van der Waals surface area contributed by atoms with Gasteiger partial charge < -0.3 is 9.84 Å². The molecule has 0 heterocycles. The van der Waals surface area contributed by atoms with Crippen molar-refractivity contribution in [1.82, 2.24) is 0 Å². The summed E-state index contributed by atoms with van der Waals surface area (Å²) in [6.07, 6.45) is 3.55. The number of fused-ring (bicyclic) bond motifs is 1. The Balaban J connectivity index is 1.82. The van der Waals surface area contributed by atoms with E-state index in [0.29, 0.717) is 11.7 Å². The van der Waals surface area contributed by atoms with Crippen molar-refractivity contribution >= 4 is 0 Å². The number of ether oxygens (including phenoxy) is 1. The van der Waals surface area contributed by atoms with Crippen LogP contribution in [0.1, 0.15) is 46.9 Å². The monoisotopic (exact) mass is 344 g/mol. The molecule has 1 aliphatic carbocycles. The van der Waals surface area contributed by atoms with E-state index in [-0.39, 0.29) is 5.92 Å². The Kier molecular flexibility index (Phi) is 4.66. The minimum absolute atomic E-state index is 0.267. The molecule has 4 rings (SSSR count). The molecule has 0 bridgehead atoms. The standard InChI is InChI=1S/C24H24O2/c1-26-21-15-11-19(12-16-21)24(18-9-13-20(25)14-10-18)23-8-4-6-17-5-2-3-7-22(17)23/h2-3,5,7,9-16,23-25H,4,6,8H2,1H3. The molecular formula is C24H24O2. The molecule has 0 spiro atoms. The number of phenolic OH excluding ortho intramolecular Hbond substituents is 1. The predicted molar refractivity (Wildman–Crippen MR) is 105 cm³/mol. The van der Waals surface area contributed by atoms with Gasteiger partial charge in [0.2, 0.25) is 0 Å². The smallest absolute Gasteiger partial charge is 0.118 e. The third-order valence-corrected chi connectivity index (χ3v) is 5.55. The number of hydrogen-bond acceptors (Lipinski definition) is 2. The Bertz CT molecular complexity index is 865. The van der Waals surface area contributed by atoms with E-state index in [2.05, 4.69) is 48.5 Å². The lowest BCUT2D eigenvalue weighted by molar-refractivity contribution is 0.414. The van der Waals surface area contributed by atoms with Gasteiger partial charge in [0.25, 0.3) is 0 Å². The minimum atomic E-state index is 0.267. The van der Waals surface area contributed by atoms with Crippen LogP contribution in [-0.4, -0.2) is 12.2 Å². The van der Waals surface area contributed by atoms with E-state index in [1.165, 1.54) is 35.1 Å². The average molecular weight is 344 g/mol. The quantitative estimate of drug-likeness (QED) is 0.662. The summed E-state index contributed by atoms with van der Waals surface area (Å²) in [6.45, 7) is 0. The summed E-state index contributed by atoms with van der Waals surface area (Å²) in [5, 5.41) is 9.73. The first-order valence-electron chi connectivity index (χ1n) is 9.27. The molecule has 1 aliphatic rings. The van der Waals surface area contributed by atoms with Crippen molar-refractivity contribution in [2.24, 2.45) is 0 Å². The Morgan fingerprint density at radius 2 is 1.54 bits per heavy atom. The molecule has 0 fully saturated rings. The SMILES string of the molecule is COc1ccc(C(c2ccc(O)cc2)C2CCCc3ccccc32)cc1. The number of rotatable bonds is 4. The third-order valence-electron chi connectivity index (χ3n) is 5.55. The second-order valence-corrected chi connectivity index (χ2v) is 7.04. The van der Waals surface area contributed by atoms with E-state index in [9.17, 15) is 5.11 Å². The number of phenols is 1. The molecule has 0 amide bonds. The van der Waals surface area contributed by atoms with Gasteiger partial charge in [-0.1, -0.05) is 48.5 Å². The van der Waals surface area contributed by atoms with E-state index < -0.39 is 0 Å². The first kappa shape index (κ1) is 16.7. The molecule has 2 heteroatoms. The van der Waals surface area contributed by atoms with Crippen molar-refractivity contribution in [2.45, 2.75) is 31.1 Å². The molecule has 1 N–H and O–H groups in total. The number of aryl methyl sites for hydroxylation is 1. The summed E-state index contributed by atoms with van der Waals surface area (Å²) in [5.41, 5.74) is 5.47. The molecule has 26 heavy (non-hydrogen) atoms. The summed E-state index contributed by atoms with van der Waals surface area (Å²) in [5.74, 6) is 1.90. The number of benzene rings is 3. The molecule has 132 valence electrons. The first-order valence-corrected chi connectivity index (χ1v) is 9.27. The number of hydrogen-bond donors (Lipinski definition) is 1. The maximum absolute atomic E-state index is 9.73. The lowest BCUT2D eigenvalue weighted by Gasteiger charge is -2.33. The van der Waals surface area contributed by atoms with Crippen molar-refractivity contribution in [2.75, 3.05) is 7.11 Å². The van der Waals surface area contributed by atoms with E-state index >= 15 is 0 Å². The average Bonchev–Trinajstić information content (AvgIpc) is 2.70. The highest BCUT2D eigenvalue weighted by Crippen LogP contribution is 2.45. The molecule has 2 unspecified atom stereocenters. The zero-order valence-electron chi connectivity index (χ0n) is 15.1. The van der Waals surface area contributed by atoms with Gasteiger partial charge in [0.15, 0.2) is 0 Å². The van der Waals surface area contributed by atoms with E-state index in [4.69, 9.17) is 4.74 Å². The van der Waals surface area contributed by atoms with Crippen molar-refractivity contribution in [3.63, 3.8) is 0 Å². The molecule has 2 atom stereocenters. The van der Waals surface area contributed by atoms with Crippen LogP contribution >= 0.6 is 0 Å². The van der Waals surface area contributed by atoms with Crippen LogP contribution in [0.5, 0.6) is 11.5 Å². The summed E-state index contributed by atoms with van der Waals surface area (Å²) in [7, 11) is 1.70. The molecule has 3 aromatic carbocycles. The largest absolute Gasteiger partial charge is 0.508 e. The second-order valence-electron chi connectivity index (χ2n) is 7.04. The Morgan fingerprint density at radius 3 is 2.23 bits per heavy atom. The van der Waals surface area contributed by atoms with Crippen LogP contribution in [-0.2, 0) is 6.42 Å². The Labute approximate surface area is 155 Å². The zero-order valence-corrected chi connectivity index (χ0v) is 15.1. The molecular weight excluding hydrogens is 320 g/mol. The van der Waals surface area contributed by atoms with Crippen LogP contribution in [0, 0.1) is 0 Å². The fourth-order valence-electron chi connectivity index (χ4n) is 4.29. The van der Waals surface area contributed by atoms with Gasteiger partial charge in [-0.05, 0) is 71.7 Å². The maximum atomic E-state index is 9.73. The summed E-state index contributed by atoms with van der Waals surface area (Å²) in [4.78, 5) is 0. The van der Waals surface area contributed by atoms with Crippen LogP contribution < -0.4 is 4.74 Å². The fourth-order valence-corrected chi connectivity index (χ4v) is 4.29. The van der Waals surface area contributed by atoms with Gasteiger partial charge in [0, 0.05) is 5.92 Å². The minimum Gasteiger partial charge on any atom is -0.508 e. The highest BCUT2D eigenvalue weighted by molar-refractivity contribution is 5.44. The summed E-state index contributed by atoms with van der Waals surface area (Å²) < 4.78 is 5.34. The van der Waals surface area contributed by atoms with Gasteiger partial charge in [-0.25, -0.2) is 0 Å². The molecule has 0 aliphatic heterocycles. The fraction of sp³-hybridized carbons (Fsp3) is 0.250. The van der Waals surface area contributed by atoms with Crippen LogP contribution in [0.2, 0.25) is 0 Å². The number of aromatic hydroxyl groups is 1. The van der Waals surface area contributed by atoms with Crippen molar-refractivity contribution in [3.8, 4) is 11.5 Å². The van der Waals surface area contributed by atoms with Gasteiger partial charge >= 0.3 is 0 Å². The van der Waals surface area contributed by atoms with Gasteiger partial charge in [-0.3, -0.25) is 0 Å². The lowest BCUT2D eigenvalue weighted by atomic mass is 9.71. The van der Waals surface area contributed by atoms with Crippen LogP contribution in [0.3, 0.4) is 0 Å². The van der Waals surface area contributed by atoms with Gasteiger partial charge in [-0.15, -0.1) is 0 Å². The maximum Gasteiger partial charge on any atom is 0.118 e. The van der Waals surface area contributed by atoms with E-state index in [0.717, 1.165) is 12.2 Å². The van der Waals surface area contributed by atoms with Gasteiger partial charge in [0.05, 0.1) is 7.11 Å². The summed E-state index contributed by atoms with van der Waals surface area (Å²) >= 11 is 0. The first-order chi connectivity index (χ1) is 12.8. The normalized spacial score (nSPS) is 17.3. The highest BCUT2D eigenvalue weighted by Gasteiger charge is 2.30. The summed E-state index contributed by atoms with van der Waals surface area (Å²) in [6, 6.07) is 25.0. The third kappa shape index (κ3) is 3.20. The zero-order chi connectivity index (χ0) is 17.9. The van der Waals surface area contributed by atoms with Crippen LogP contribution in [0.4, 0.5) is 0 Å². The number of methoxy groups -OCH3 is 1. The molecule has 2 nitrogen and oxygen atoms in total. The second kappa shape index (κ2) is 7.25. The molecule has 3 aromatic rings. The highest BCUT2D eigenvalue weighted by atomic mass is 16.5. The van der Waals surface area contributed by atoms with E-state index in [1.807, 2.05) is 12.1 Å². The van der Waals surface area contributed by atoms with Gasteiger partial charge in [0.1, 0.15) is 11.5 Å². The predicted octanol–water partition coefficient (Wildman–Crippen LogP) is 5.65. The van der Waals surface area contributed by atoms with Crippen LogP contribution in [0.25, 0.3) is 0 Å². The van der Waals surface area contributed by atoms with Crippen molar-refractivity contribution in [1.29, 1.82) is 0 Å². The van der Waals surface area contributed by atoms with Crippen LogP contribution in [0.15, 0.2) is 72.8 Å². The molecule has 0 saturated carbocycles. The van der Waals surface area contributed by atoms with Gasteiger partial charge in [-0.2, -0.15) is 0 Å². The Morgan fingerprint density at radius 1 is 0.885 bits per heavy atom. The van der Waals surface area contributed by atoms with E-state index in [1.54, 1.807) is 19.2 Å². The topological polar surface area (TPSA) is 29.5 Å². The molecule has 0 aromatic heterocycles.